The maximum absolute atomic E-state index is 13.7. The first kappa shape index (κ1) is 24.2. The van der Waals surface area contributed by atoms with Gasteiger partial charge in [0.2, 0.25) is 0 Å². The predicted molar refractivity (Wildman–Crippen MR) is 139 cm³/mol. The SMILES string of the molecule is CCCn1c(=O)n(C)c(=O)c2c(C(=O)N3CCCO3)c(Cc3c(C)nn(-c4ccccc4)c3C)sc21. The zero-order valence-electron chi connectivity index (χ0n) is 20.9. The number of para-hydroxylation sites is 1. The molecular formula is C26H29N5O4S. The molecule has 1 saturated heterocycles. The monoisotopic (exact) mass is 507 g/mol. The van der Waals surface area contributed by atoms with E-state index in [2.05, 4.69) is 0 Å². The largest absolute Gasteiger partial charge is 0.331 e. The number of hydroxylamine groups is 2. The van der Waals surface area contributed by atoms with Crippen molar-refractivity contribution in [3.63, 3.8) is 0 Å². The number of carbonyl (C=O) groups is 1. The minimum absolute atomic E-state index is 0.289. The Bertz CT molecular complexity index is 1570. The highest BCUT2D eigenvalue weighted by atomic mass is 32.1. The zero-order valence-corrected chi connectivity index (χ0v) is 21.7. The molecule has 1 fully saturated rings. The van der Waals surface area contributed by atoms with Crippen LogP contribution < -0.4 is 11.2 Å². The van der Waals surface area contributed by atoms with Crippen LogP contribution in [0.3, 0.4) is 0 Å². The highest BCUT2D eigenvalue weighted by Gasteiger charge is 2.31. The molecule has 0 aliphatic carbocycles. The summed E-state index contributed by atoms with van der Waals surface area (Å²) in [6.45, 7) is 7.32. The van der Waals surface area contributed by atoms with E-state index in [9.17, 15) is 14.4 Å². The van der Waals surface area contributed by atoms with E-state index in [-0.39, 0.29) is 17.0 Å². The van der Waals surface area contributed by atoms with Gasteiger partial charge in [0.1, 0.15) is 4.83 Å². The van der Waals surface area contributed by atoms with Gasteiger partial charge in [-0.2, -0.15) is 5.10 Å². The Kier molecular flexibility index (Phi) is 6.40. The number of hydrogen-bond acceptors (Lipinski definition) is 6. The van der Waals surface area contributed by atoms with Crippen LogP contribution in [0, 0.1) is 13.8 Å². The number of carbonyl (C=O) groups excluding carboxylic acids is 1. The molecule has 188 valence electrons. The van der Waals surface area contributed by atoms with Crippen LogP contribution in [-0.2, 0) is 24.9 Å². The third-order valence-electron chi connectivity index (χ3n) is 6.66. The van der Waals surface area contributed by atoms with Crippen LogP contribution in [0.5, 0.6) is 0 Å². The minimum Gasteiger partial charge on any atom is -0.284 e. The predicted octanol–water partition coefficient (Wildman–Crippen LogP) is 3.34. The van der Waals surface area contributed by atoms with E-state index < -0.39 is 5.56 Å². The lowest BCUT2D eigenvalue weighted by molar-refractivity contribution is -0.0767. The average molecular weight is 508 g/mol. The summed E-state index contributed by atoms with van der Waals surface area (Å²) in [6.07, 6.45) is 1.88. The molecular weight excluding hydrogens is 478 g/mol. The van der Waals surface area contributed by atoms with E-state index in [1.807, 2.05) is 55.8 Å². The molecule has 0 saturated carbocycles. The van der Waals surface area contributed by atoms with Crippen LogP contribution in [0.15, 0.2) is 39.9 Å². The van der Waals surface area contributed by atoms with Crippen LogP contribution in [0.2, 0.25) is 0 Å². The second-order valence-electron chi connectivity index (χ2n) is 9.05. The molecule has 3 aromatic heterocycles. The van der Waals surface area contributed by atoms with Crippen LogP contribution in [0.25, 0.3) is 15.9 Å². The van der Waals surface area contributed by atoms with Crippen molar-refractivity contribution in [3.8, 4) is 5.69 Å². The van der Waals surface area contributed by atoms with Crippen molar-refractivity contribution in [1.82, 2.24) is 24.0 Å². The number of amides is 1. The van der Waals surface area contributed by atoms with Crippen LogP contribution in [0.4, 0.5) is 0 Å². The number of thiophene rings is 1. The number of rotatable bonds is 6. The topological polar surface area (TPSA) is 91.4 Å². The molecule has 4 aromatic rings. The summed E-state index contributed by atoms with van der Waals surface area (Å²) < 4.78 is 4.61. The number of aryl methyl sites for hydroxylation is 2. The molecule has 0 unspecified atom stereocenters. The van der Waals surface area contributed by atoms with Crippen LogP contribution in [-0.4, -0.2) is 43.0 Å². The Morgan fingerprint density at radius 1 is 1.17 bits per heavy atom. The van der Waals surface area contributed by atoms with Gasteiger partial charge in [0.25, 0.3) is 11.5 Å². The van der Waals surface area contributed by atoms with Gasteiger partial charge in [0.15, 0.2) is 0 Å². The van der Waals surface area contributed by atoms with E-state index in [4.69, 9.17) is 9.94 Å². The molecule has 4 heterocycles. The second kappa shape index (κ2) is 9.51. The standard InChI is InChI=1S/C26H29N5O4S/c1-5-12-29-25-22(23(32)28(4)26(29)34)21(24(33)30-13-9-14-35-30)20(36-25)15-19-16(2)27-31(17(19)3)18-10-7-6-8-11-18/h6-8,10-11H,5,9,12-15H2,1-4H3. The summed E-state index contributed by atoms with van der Waals surface area (Å²) in [7, 11) is 1.46. The van der Waals surface area contributed by atoms with Gasteiger partial charge < -0.3 is 0 Å². The summed E-state index contributed by atoms with van der Waals surface area (Å²) in [5.41, 5.74) is 3.25. The van der Waals surface area contributed by atoms with Gasteiger partial charge in [-0.15, -0.1) is 11.3 Å². The van der Waals surface area contributed by atoms with Crippen LogP contribution >= 0.6 is 11.3 Å². The molecule has 1 aromatic carbocycles. The van der Waals surface area contributed by atoms with Crippen molar-refractivity contribution in [1.29, 1.82) is 0 Å². The summed E-state index contributed by atoms with van der Waals surface area (Å²) in [5, 5.41) is 6.38. The smallest absolute Gasteiger partial charge is 0.284 e. The highest BCUT2D eigenvalue weighted by Crippen LogP contribution is 2.34. The van der Waals surface area contributed by atoms with Crippen molar-refractivity contribution in [3.05, 3.63) is 78.6 Å². The molecule has 0 spiro atoms. The Labute approximate surface area is 212 Å². The Morgan fingerprint density at radius 3 is 2.58 bits per heavy atom. The molecule has 0 N–H and O–H groups in total. The number of aromatic nitrogens is 4. The van der Waals surface area contributed by atoms with Gasteiger partial charge in [0.05, 0.1) is 35.5 Å². The fraction of sp³-hybridized carbons (Fsp3) is 0.385. The molecule has 1 aliphatic rings. The third-order valence-corrected chi connectivity index (χ3v) is 7.88. The van der Waals surface area contributed by atoms with E-state index in [1.54, 1.807) is 4.57 Å². The van der Waals surface area contributed by atoms with Gasteiger partial charge in [0, 0.05) is 36.1 Å². The van der Waals surface area contributed by atoms with Gasteiger partial charge in [-0.1, -0.05) is 25.1 Å². The first-order valence-corrected chi connectivity index (χ1v) is 13.0. The van der Waals surface area contributed by atoms with Gasteiger partial charge in [-0.3, -0.25) is 23.6 Å². The molecule has 1 aliphatic heterocycles. The van der Waals surface area contributed by atoms with Crippen molar-refractivity contribution >= 4 is 27.5 Å². The van der Waals surface area contributed by atoms with E-state index >= 15 is 0 Å². The molecule has 5 rings (SSSR count). The highest BCUT2D eigenvalue weighted by molar-refractivity contribution is 7.19. The van der Waals surface area contributed by atoms with Crippen molar-refractivity contribution in [2.75, 3.05) is 13.2 Å². The minimum atomic E-state index is -0.458. The summed E-state index contributed by atoms with van der Waals surface area (Å²) in [4.78, 5) is 46.9. The normalized spacial score (nSPS) is 13.7. The maximum Gasteiger partial charge on any atom is 0.331 e. The van der Waals surface area contributed by atoms with Gasteiger partial charge >= 0.3 is 5.69 Å². The van der Waals surface area contributed by atoms with E-state index in [0.29, 0.717) is 36.5 Å². The quantitative estimate of drug-likeness (QED) is 0.399. The van der Waals surface area contributed by atoms with Crippen molar-refractivity contribution < 1.29 is 9.63 Å². The Hall–Kier alpha value is -3.50. The van der Waals surface area contributed by atoms with Gasteiger partial charge in [-0.25, -0.2) is 14.5 Å². The fourth-order valence-corrected chi connectivity index (χ4v) is 6.10. The lowest BCUT2D eigenvalue weighted by Gasteiger charge is -2.15. The molecule has 0 bridgehead atoms. The third kappa shape index (κ3) is 3.90. The number of benzene rings is 1. The number of hydrogen-bond donors (Lipinski definition) is 0. The Balaban J connectivity index is 1.73. The molecule has 0 radical (unpaired) electrons. The lowest BCUT2D eigenvalue weighted by atomic mass is 10.0. The average Bonchev–Trinajstić information content (AvgIpc) is 3.61. The number of fused-ring (bicyclic) bond motifs is 1. The summed E-state index contributed by atoms with van der Waals surface area (Å²) in [6, 6.07) is 9.88. The summed E-state index contributed by atoms with van der Waals surface area (Å²) in [5.74, 6) is -0.335. The zero-order chi connectivity index (χ0) is 25.6. The van der Waals surface area contributed by atoms with E-state index in [1.165, 1.54) is 23.4 Å². The van der Waals surface area contributed by atoms with Crippen LogP contribution in [0.1, 0.15) is 52.0 Å². The van der Waals surface area contributed by atoms with E-state index in [0.717, 1.165) is 44.9 Å². The molecule has 1 amide bonds. The molecule has 10 heteroatoms. The summed E-state index contributed by atoms with van der Waals surface area (Å²) >= 11 is 1.34. The first-order valence-electron chi connectivity index (χ1n) is 12.1. The first-order chi connectivity index (χ1) is 17.3. The molecule has 36 heavy (non-hydrogen) atoms. The second-order valence-corrected chi connectivity index (χ2v) is 10.1. The molecule has 0 atom stereocenters. The number of nitrogens with zero attached hydrogens (tertiary/aromatic N) is 5. The lowest BCUT2D eigenvalue weighted by Crippen LogP contribution is -2.38. The molecule has 9 nitrogen and oxygen atoms in total. The van der Waals surface area contributed by atoms with Crippen molar-refractivity contribution in [2.45, 2.75) is 46.6 Å². The fourth-order valence-electron chi connectivity index (χ4n) is 4.79. The maximum atomic E-state index is 13.7. The van der Waals surface area contributed by atoms with Gasteiger partial charge in [-0.05, 0) is 38.8 Å². The van der Waals surface area contributed by atoms with Crippen molar-refractivity contribution in [2.24, 2.45) is 7.05 Å². The Morgan fingerprint density at radius 2 is 1.92 bits per heavy atom.